The van der Waals surface area contributed by atoms with Crippen molar-refractivity contribution in [3.05, 3.63) is 52.6 Å². The lowest BCUT2D eigenvalue weighted by molar-refractivity contribution is 0.447. The SMILES string of the molecule is Oc1cc(F)c(Cl)cc1-c1ccc(F)c(F)c1F. The summed E-state index contributed by atoms with van der Waals surface area (Å²) in [6.45, 7) is 0. The van der Waals surface area contributed by atoms with Crippen LogP contribution in [0.4, 0.5) is 17.6 Å². The highest BCUT2D eigenvalue weighted by Gasteiger charge is 2.18. The van der Waals surface area contributed by atoms with E-state index in [4.69, 9.17) is 11.6 Å². The van der Waals surface area contributed by atoms with Crippen LogP contribution in [0.2, 0.25) is 5.02 Å². The fourth-order valence-corrected chi connectivity index (χ4v) is 1.65. The predicted molar refractivity (Wildman–Crippen MR) is 58.4 cm³/mol. The maximum Gasteiger partial charge on any atom is 0.195 e. The third-order valence-electron chi connectivity index (χ3n) is 2.36. The van der Waals surface area contributed by atoms with Gasteiger partial charge in [0, 0.05) is 17.2 Å². The zero-order valence-corrected chi connectivity index (χ0v) is 9.40. The molecule has 0 saturated heterocycles. The Hall–Kier alpha value is -1.75. The van der Waals surface area contributed by atoms with Crippen LogP contribution in [-0.2, 0) is 0 Å². The van der Waals surface area contributed by atoms with Crippen molar-refractivity contribution in [1.82, 2.24) is 0 Å². The van der Waals surface area contributed by atoms with Crippen LogP contribution in [-0.4, -0.2) is 5.11 Å². The molecular weight excluding hydrogens is 272 g/mol. The monoisotopic (exact) mass is 276 g/mol. The van der Waals surface area contributed by atoms with E-state index in [0.29, 0.717) is 12.1 Å². The number of rotatable bonds is 1. The van der Waals surface area contributed by atoms with Crippen molar-refractivity contribution in [2.24, 2.45) is 0 Å². The van der Waals surface area contributed by atoms with Gasteiger partial charge in [-0.05, 0) is 18.2 Å². The summed E-state index contributed by atoms with van der Waals surface area (Å²) in [5.41, 5.74) is -0.633. The van der Waals surface area contributed by atoms with Gasteiger partial charge in [0.15, 0.2) is 17.5 Å². The standard InChI is InChI=1S/C12H5ClF4O/c13-7-3-6(10(18)4-9(7)15)5-1-2-8(14)12(17)11(5)16/h1-4,18H. The Morgan fingerprint density at radius 3 is 2.17 bits per heavy atom. The molecule has 0 aliphatic carbocycles. The van der Waals surface area contributed by atoms with E-state index in [1.807, 2.05) is 0 Å². The molecule has 0 saturated carbocycles. The first-order valence-corrected chi connectivity index (χ1v) is 5.11. The first kappa shape index (κ1) is 12.7. The average Bonchev–Trinajstić information content (AvgIpc) is 2.32. The third-order valence-corrected chi connectivity index (χ3v) is 2.65. The molecule has 0 bridgehead atoms. The van der Waals surface area contributed by atoms with E-state index in [9.17, 15) is 22.7 Å². The molecule has 2 rings (SSSR count). The summed E-state index contributed by atoms with van der Waals surface area (Å²) in [5, 5.41) is 9.10. The zero-order chi connectivity index (χ0) is 13.4. The quantitative estimate of drug-likeness (QED) is 0.609. The molecule has 2 aromatic carbocycles. The molecule has 94 valence electrons. The second-order valence-electron chi connectivity index (χ2n) is 3.51. The van der Waals surface area contributed by atoms with Crippen LogP contribution >= 0.6 is 11.6 Å². The molecular formula is C12H5ClF4O. The number of hydrogen-bond acceptors (Lipinski definition) is 1. The zero-order valence-electron chi connectivity index (χ0n) is 8.65. The van der Waals surface area contributed by atoms with Crippen LogP contribution in [0.15, 0.2) is 24.3 Å². The van der Waals surface area contributed by atoms with Crippen LogP contribution in [0.5, 0.6) is 5.75 Å². The van der Waals surface area contributed by atoms with Crippen LogP contribution in [0.1, 0.15) is 0 Å². The van der Waals surface area contributed by atoms with Crippen LogP contribution in [0.3, 0.4) is 0 Å². The lowest BCUT2D eigenvalue weighted by atomic mass is 10.0. The lowest BCUT2D eigenvalue weighted by Crippen LogP contribution is -1.94. The van der Waals surface area contributed by atoms with Gasteiger partial charge in [-0.1, -0.05) is 11.6 Å². The summed E-state index contributed by atoms with van der Waals surface area (Å²) < 4.78 is 52.3. The number of benzene rings is 2. The first-order valence-electron chi connectivity index (χ1n) is 4.73. The van der Waals surface area contributed by atoms with Gasteiger partial charge in [0.05, 0.1) is 5.02 Å². The molecule has 0 unspecified atom stereocenters. The van der Waals surface area contributed by atoms with Gasteiger partial charge >= 0.3 is 0 Å². The lowest BCUT2D eigenvalue weighted by Gasteiger charge is -2.08. The summed E-state index contributed by atoms with van der Waals surface area (Å²) >= 11 is 5.48. The average molecular weight is 277 g/mol. The van der Waals surface area contributed by atoms with Crippen molar-refractivity contribution in [3.63, 3.8) is 0 Å². The molecule has 0 fully saturated rings. The molecule has 1 nitrogen and oxygen atoms in total. The molecule has 0 aromatic heterocycles. The Morgan fingerprint density at radius 1 is 0.833 bits per heavy atom. The molecule has 2 aromatic rings. The second kappa shape index (κ2) is 4.49. The Labute approximate surface area is 104 Å². The van der Waals surface area contributed by atoms with Crippen molar-refractivity contribution in [3.8, 4) is 16.9 Å². The van der Waals surface area contributed by atoms with E-state index >= 15 is 0 Å². The summed E-state index contributed by atoms with van der Waals surface area (Å²) in [7, 11) is 0. The van der Waals surface area contributed by atoms with Gasteiger partial charge in [-0.25, -0.2) is 17.6 Å². The van der Waals surface area contributed by atoms with Gasteiger partial charge in [-0.3, -0.25) is 0 Å². The second-order valence-corrected chi connectivity index (χ2v) is 3.91. The van der Waals surface area contributed by atoms with Crippen LogP contribution in [0.25, 0.3) is 11.1 Å². The molecule has 0 atom stereocenters. The van der Waals surface area contributed by atoms with E-state index in [1.54, 1.807) is 0 Å². The molecule has 0 aliphatic heterocycles. The molecule has 0 amide bonds. The van der Waals surface area contributed by atoms with Gasteiger partial charge < -0.3 is 5.11 Å². The predicted octanol–water partition coefficient (Wildman–Crippen LogP) is 4.27. The number of hydrogen-bond donors (Lipinski definition) is 1. The van der Waals surface area contributed by atoms with Gasteiger partial charge in [0.2, 0.25) is 0 Å². The van der Waals surface area contributed by atoms with E-state index < -0.39 is 34.6 Å². The largest absolute Gasteiger partial charge is 0.507 e. The van der Waals surface area contributed by atoms with Crippen molar-refractivity contribution < 1.29 is 22.7 Å². The van der Waals surface area contributed by atoms with E-state index in [0.717, 1.165) is 12.1 Å². The highest BCUT2D eigenvalue weighted by Crippen LogP contribution is 2.35. The van der Waals surface area contributed by atoms with Gasteiger partial charge in [-0.15, -0.1) is 0 Å². The van der Waals surface area contributed by atoms with Crippen LogP contribution < -0.4 is 0 Å². The van der Waals surface area contributed by atoms with Crippen molar-refractivity contribution in [2.75, 3.05) is 0 Å². The van der Waals surface area contributed by atoms with Crippen molar-refractivity contribution in [1.29, 1.82) is 0 Å². The third kappa shape index (κ3) is 2.01. The van der Waals surface area contributed by atoms with Crippen molar-refractivity contribution in [2.45, 2.75) is 0 Å². The summed E-state index contributed by atoms with van der Waals surface area (Å²) in [6.07, 6.45) is 0. The van der Waals surface area contributed by atoms with Gasteiger partial charge in [0.1, 0.15) is 11.6 Å². The first-order chi connectivity index (χ1) is 8.41. The smallest absolute Gasteiger partial charge is 0.195 e. The molecule has 0 spiro atoms. The maximum atomic E-state index is 13.5. The van der Waals surface area contributed by atoms with Crippen LogP contribution in [0, 0.1) is 23.3 Å². The summed E-state index contributed by atoms with van der Waals surface area (Å²) in [5.74, 6) is -6.04. The summed E-state index contributed by atoms with van der Waals surface area (Å²) in [4.78, 5) is 0. The number of aromatic hydroxyl groups is 1. The molecule has 1 N–H and O–H groups in total. The van der Waals surface area contributed by atoms with E-state index in [1.165, 1.54) is 0 Å². The Kier molecular flexibility index (Phi) is 3.17. The highest BCUT2D eigenvalue weighted by molar-refractivity contribution is 6.31. The fraction of sp³-hybridized carbons (Fsp3) is 0. The van der Waals surface area contributed by atoms with Crippen molar-refractivity contribution >= 4 is 11.6 Å². The van der Waals surface area contributed by atoms with E-state index in [-0.39, 0.29) is 10.6 Å². The number of phenolic OH excluding ortho intramolecular Hbond substituents is 1. The van der Waals surface area contributed by atoms with E-state index in [2.05, 4.69) is 0 Å². The Bertz CT molecular complexity index is 628. The van der Waals surface area contributed by atoms with Gasteiger partial charge in [-0.2, -0.15) is 0 Å². The summed E-state index contributed by atoms with van der Waals surface area (Å²) in [6, 6.07) is 3.22. The molecule has 0 aliphatic rings. The number of phenols is 1. The Balaban J connectivity index is 2.70. The highest BCUT2D eigenvalue weighted by atomic mass is 35.5. The minimum Gasteiger partial charge on any atom is -0.507 e. The fourth-order valence-electron chi connectivity index (χ4n) is 1.49. The normalized spacial score (nSPS) is 10.7. The maximum absolute atomic E-state index is 13.5. The topological polar surface area (TPSA) is 20.2 Å². The molecule has 6 heteroatoms. The van der Waals surface area contributed by atoms with Gasteiger partial charge in [0.25, 0.3) is 0 Å². The molecule has 0 heterocycles. The minimum atomic E-state index is -1.67. The Morgan fingerprint density at radius 2 is 1.50 bits per heavy atom. The molecule has 18 heavy (non-hydrogen) atoms. The minimum absolute atomic E-state index is 0.224. The number of halogens is 5. The molecule has 0 radical (unpaired) electrons.